The fraction of sp³-hybridized carbons (Fsp3) is 0.381. The third-order valence-corrected chi connectivity index (χ3v) is 4.94. The molecule has 0 saturated carbocycles. The van der Waals surface area contributed by atoms with E-state index in [1.165, 1.54) is 18.3 Å². The van der Waals surface area contributed by atoms with Crippen LogP contribution in [-0.4, -0.2) is 23.0 Å². The van der Waals surface area contributed by atoms with Gasteiger partial charge in [-0.15, -0.1) is 0 Å². The number of fused-ring (bicyclic) bond motifs is 1. The molecule has 0 bridgehead atoms. The number of benzene rings is 1. The Balaban J connectivity index is 2.42. The molecule has 1 N–H and O–H groups in total. The predicted octanol–water partition coefficient (Wildman–Crippen LogP) is 4.74. The van der Waals surface area contributed by atoms with Gasteiger partial charge in [0.05, 0.1) is 12.3 Å². The van der Waals surface area contributed by atoms with E-state index < -0.39 is 28.8 Å². The van der Waals surface area contributed by atoms with E-state index in [1.807, 2.05) is 0 Å². The molecule has 0 spiro atoms. The lowest BCUT2D eigenvalue weighted by Crippen LogP contribution is -2.43. The number of hydrogen-bond acceptors (Lipinski definition) is 4. The summed E-state index contributed by atoms with van der Waals surface area (Å²) >= 11 is 0. The Morgan fingerprint density at radius 3 is 2.39 bits per heavy atom. The van der Waals surface area contributed by atoms with Gasteiger partial charge >= 0.3 is 12.1 Å². The van der Waals surface area contributed by atoms with Gasteiger partial charge < -0.3 is 4.74 Å². The summed E-state index contributed by atoms with van der Waals surface area (Å²) in [6.45, 7) is 6.35. The molecule has 10 heteroatoms. The Hall–Kier alpha value is -2.88. The number of hydrogen-bond donors (Lipinski definition) is 1. The lowest BCUT2D eigenvalue weighted by atomic mass is 9.88. The molecular weight excluding hydrogens is 423 g/mol. The van der Waals surface area contributed by atoms with E-state index in [4.69, 9.17) is 9.57 Å². The minimum absolute atomic E-state index is 0.0590. The third-order valence-electron chi connectivity index (χ3n) is 4.94. The van der Waals surface area contributed by atoms with Crippen LogP contribution < -0.4 is 15.8 Å². The first-order valence-corrected chi connectivity index (χ1v) is 9.41. The molecule has 0 radical (unpaired) electrons. The summed E-state index contributed by atoms with van der Waals surface area (Å²) in [5.74, 6) is -5.03. The van der Waals surface area contributed by atoms with Gasteiger partial charge in [-0.3, -0.25) is 19.7 Å². The highest BCUT2D eigenvalue weighted by atomic mass is 19.4. The first-order chi connectivity index (χ1) is 14.3. The number of rotatable bonds is 5. The highest BCUT2D eigenvalue weighted by Gasteiger charge is 2.59. The third kappa shape index (κ3) is 3.80. The number of pyridine rings is 1. The van der Waals surface area contributed by atoms with E-state index in [9.17, 15) is 26.7 Å². The van der Waals surface area contributed by atoms with E-state index in [0.717, 1.165) is 17.6 Å². The van der Waals surface area contributed by atoms with Crippen molar-refractivity contribution in [1.82, 2.24) is 10.0 Å². The zero-order valence-electron chi connectivity index (χ0n) is 17.2. The van der Waals surface area contributed by atoms with Crippen molar-refractivity contribution in [3.05, 3.63) is 69.3 Å². The fourth-order valence-corrected chi connectivity index (χ4v) is 3.46. The molecule has 0 aliphatic carbocycles. The van der Waals surface area contributed by atoms with Crippen LogP contribution in [0.2, 0.25) is 0 Å². The van der Waals surface area contributed by atoms with Crippen LogP contribution in [0.4, 0.5) is 22.0 Å². The Labute approximate surface area is 175 Å². The molecule has 1 aliphatic rings. The first-order valence-electron chi connectivity index (χ1n) is 9.41. The number of ether oxygens (including phenoxy) is 1. The summed E-state index contributed by atoms with van der Waals surface area (Å²) in [5, 5.41) is 0. The topological polar surface area (TPSA) is 52.5 Å². The van der Waals surface area contributed by atoms with Crippen LogP contribution in [0.15, 0.2) is 47.0 Å². The molecular formula is C21H21F5N2O3. The maximum atomic E-state index is 14.3. The highest BCUT2D eigenvalue weighted by Crippen LogP contribution is 2.49. The Kier molecular flexibility index (Phi) is 5.64. The van der Waals surface area contributed by atoms with Gasteiger partial charge in [0.2, 0.25) is 0 Å². The van der Waals surface area contributed by atoms with Gasteiger partial charge in [0, 0.05) is 23.4 Å². The quantitative estimate of drug-likeness (QED) is 0.535. The Bertz CT molecular complexity index is 1090. The van der Waals surface area contributed by atoms with Gasteiger partial charge in [-0.05, 0) is 51.5 Å². The van der Waals surface area contributed by atoms with Crippen LogP contribution in [0.5, 0.6) is 5.75 Å². The second-order valence-corrected chi connectivity index (χ2v) is 7.46. The SMILES string of the molecule is CCONC1=C(n2ccccc2=O)c2c(ccc(C(F)(F)C(F)(F)F)c2C)OC1(C)C. The van der Waals surface area contributed by atoms with E-state index >= 15 is 0 Å². The zero-order chi connectivity index (χ0) is 23.2. The van der Waals surface area contributed by atoms with Crippen LogP contribution in [0, 0.1) is 6.92 Å². The van der Waals surface area contributed by atoms with Crippen LogP contribution >= 0.6 is 0 Å². The molecule has 1 aromatic heterocycles. The largest absolute Gasteiger partial charge is 0.481 e. The van der Waals surface area contributed by atoms with Gasteiger partial charge in [-0.25, -0.2) is 0 Å². The van der Waals surface area contributed by atoms with E-state index in [2.05, 4.69) is 5.48 Å². The Morgan fingerprint density at radius 1 is 1.13 bits per heavy atom. The maximum Gasteiger partial charge on any atom is 0.458 e. The van der Waals surface area contributed by atoms with E-state index in [-0.39, 0.29) is 34.9 Å². The molecule has 31 heavy (non-hydrogen) atoms. The van der Waals surface area contributed by atoms with Crippen LogP contribution in [0.25, 0.3) is 5.70 Å². The Morgan fingerprint density at radius 2 is 1.81 bits per heavy atom. The minimum atomic E-state index is -5.79. The van der Waals surface area contributed by atoms with Gasteiger partial charge in [-0.2, -0.15) is 22.0 Å². The van der Waals surface area contributed by atoms with Crippen LogP contribution in [0.1, 0.15) is 37.5 Å². The number of alkyl halides is 5. The van der Waals surface area contributed by atoms with Crippen LogP contribution in [-0.2, 0) is 10.8 Å². The molecule has 0 saturated heterocycles. The lowest BCUT2D eigenvalue weighted by molar-refractivity contribution is -0.289. The van der Waals surface area contributed by atoms with Crippen molar-refractivity contribution >= 4 is 5.70 Å². The van der Waals surface area contributed by atoms with Crippen molar-refractivity contribution in [2.45, 2.75) is 45.4 Å². The number of halogens is 5. The second-order valence-electron chi connectivity index (χ2n) is 7.46. The minimum Gasteiger partial charge on any atom is -0.481 e. The smallest absolute Gasteiger partial charge is 0.458 e. The standard InChI is InChI=1S/C21H21F5N2O3/c1-5-30-27-18-17(28-11-7-6-8-15(28)29)16-12(2)13(20(22,23)21(24,25)26)9-10-14(16)31-19(18,3)4/h6-11,27H,5H2,1-4H3. The average molecular weight is 444 g/mol. The van der Waals surface area contributed by atoms with E-state index in [1.54, 1.807) is 26.8 Å². The first kappa shape index (κ1) is 22.8. The molecule has 5 nitrogen and oxygen atoms in total. The van der Waals surface area contributed by atoms with Crippen molar-refractivity contribution in [3.63, 3.8) is 0 Å². The predicted molar refractivity (Wildman–Crippen MR) is 104 cm³/mol. The maximum absolute atomic E-state index is 14.3. The van der Waals surface area contributed by atoms with Crippen molar-refractivity contribution in [2.24, 2.45) is 0 Å². The van der Waals surface area contributed by atoms with Gasteiger partial charge in [0.15, 0.2) is 0 Å². The monoisotopic (exact) mass is 444 g/mol. The number of nitrogens with zero attached hydrogens (tertiary/aromatic N) is 1. The van der Waals surface area contributed by atoms with Crippen LogP contribution in [0.3, 0.4) is 0 Å². The molecule has 0 fully saturated rings. The summed E-state index contributed by atoms with van der Waals surface area (Å²) in [6.07, 6.45) is -4.40. The molecule has 2 aromatic rings. The number of hydroxylamine groups is 1. The molecule has 2 heterocycles. The second kappa shape index (κ2) is 7.67. The van der Waals surface area contributed by atoms with Crippen molar-refractivity contribution in [1.29, 1.82) is 0 Å². The number of nitrogens with one attached hydrogen (secondary N) is 1. The summed E-state index contributed by atoms with van der Waals surface area (Å²) in [6, 6.07) is 6.03. The molecule has 0 atom stereocenters. The van der Waals surface area contributed by atoms with Gasteiger partial charge in [0.1, 0.15) is 17.0 Å². The summed E-state index contributed by atoms with van der Waals surface area (Å²) in [7, 11) is 0. The zero-order valence-corrected chi connectivity index (χ0v) is 17.2. The summed E-state index contributed by atoms with van der Waals surface area (Å²) < 4.78 is 74.9. The summed E-state index contributed by atoms with van der Waals surface area (Å²) in [5.41, 5.74) is -0.323. The average Bonchev–Trinajstić information content (AvgIpc) is 2.65. The molecule has 0 amide bonds. The molecule has 168 valence electrons. The van der Waals surface area contributed by atoms with Crippen molar-refractivity contribution in [3.8, 4) is 5.75 Å². The molecule has 3 rings (SSSR count). The van der Waals surface area contributed by atoms with Crippen molar-refractivity contribution < 1.29 is 31.5 Å². The molecule has 1 aromatic carbocycles. The fourth-order valence-electron chi connectivity index (χ4n) is 3.46. The lowest BCUT2D eigenvalue weighted by Gasteiger charge is -2.38. The van der Waals surface area contributed by atoms with Gasteiger partial charge in [-0.1, -0.05) is 6.07 Å². The molecule has 1 aliphatic heterocycles. The van der Waals surface area contributed by atoms with Gasteiger partial charge in [0.25, 0.3) is 5.56 Å². The normalized spacial score (nSPS) is 16.0. The molecule has 0 unspecified atom stereocenters. The van der Waals surface area contributed by atoms with E-state index in [0.29, 0.717) is 6.07 Å². The number of aromatic nitrogens is 1. The van der Waals surface area contributed by atoms with Crippen molar-refractivity contribution in [2.75, 3.05) is 6.61 Å². The highest BCUT2D eigenvalue weighted by molar-refractivity contribution is 5.79. The summed E-state index contributed by atoms with van der Waals surface area (Å²) in [4.78, 5) is 17.9.